The van der Waals surface area contributed by atoms with Crippen molar-refractivity contribution in [2.24, 2.45) is 0 Å². The fraction of sp³-hybridized carbons (Fsp3) is 0.538. The van der Waals surface area contributed by atoms with Crippen molar-refractivity contribution in [3.8, 4) is 11.5 Å². The van der Waals surface area contributed by atoms with Gasteiger partial charge in [-0.1, -0.05) is 6.07 Å². The lowest BCUT2D eigenvalue weighted by atomic mass is 10.1. The van der Waals surface area contributed by atoms with Crippen molar-refractivity contribution in [1.82, 2.24) is 5.32 Å². The first-order valence-corrected chi connectivity index (χ1v) is 5.85. The lowest BCUT2D eigenvalue weighted by molar-refractivity contribution is -0.0512. The maximum absolute atomic E-state index is 12.2. The minimum Gasteiger partial charge on any atom is -0.493 e. The molecule has 0 aromatic heterocycles. The molecular formula is C13H19F2NO2. The highest BCUT2D eigenvalue weighted by atomic mass is 19.3. The zero-order valence-electron chi connectivity index (χ0n) is 10.9. The number of ether oxygens (including phenoxy) is 2. The second kappa shape index (κ2) is 7.16. The molecule has 0 saturated carbocycles. The van der Waals surface area contributed by atoms with Crippen molar-refractivity contribution in [2.75, 3.05) is 14.2 Å². The van der Waals surface area contributed by atoms with Crippen LogP contribution in [-0.4, -0.2) is 26.8 Å². The fourth-order valence-corrected chi connectivity index (χ4v) is 1.59. The number of hydrogen-bond acceptors (Lipinski definition) is 3. The molecule has 0 aliphatic carbocycles. The van der Waals surface area contributed by atoms with Crippen LogP contribution in [0.15, 0.2) is 18.2 Å². The highest BCUT2D eigenvalue weighted by Crippen LogP contribution is 2.29. The molecule has 0 aliphatic rings. The highest BCUT2D eigenvalue weighted by molar-refractivity contribution is 5.43. The maximum Gasteiger partial charge on any atom is 0.387 e. The third-order valence-corrected chi connectivity index (χ3v) is 2.80. The summed E-state index contributed by atoms with van der Waals surface area (Å²) < 4.78 is 33.9. The van der Waals surface area contributed by atoms with Gasteiger partial charge in [-0.2, -0.15) is 8.78 Å². The van der Waals surface area contributed by atoms with E-state index in [1.807, 2.05) is 13.1 Å². The number of methoxy groups -OCH3 is 1. The minimum absolute atomic E-state index is 0.0853. The molecule has 102 valence electrons. The Morgan fingerprint density at radius 2 is 2.00 bits per heavy atom. The van der Waals surface area contributed by atoms with Gasteiger partial charge in [-0.15, -0.1) is 0 Å². The second-order valence-corrected chi connectivity index (χ2v) is 4.09. The SMILES string of the molecule is CNC(C)CCc1ccc(OC)c(OC(F)F)c1. The molecule has 0 amide bonds. The molecule has 5 heteroatoms. The predicted molar refractivity (Wildman–Crippen MR) is 66.5 cm³/mol. The molecule has 0 heterocycles. The molecule has 0 radical (unpaired) electrons. The average Bonchev–Trinajstić information content (AvgIpc) is 2.35. The number of halogens is 2. The summed E-state index contributed by atoms with van der Waals surface area (Å²) in [5.41, 5.74) is 0.952. The van der Waals surface area contributed by atoms with E-state index < -0.39 is 6.61 Å². The van der Waals surface area contributed by atoms with Crippen LogP contribution in [0.1, 0.15) is 18.9 Å². The van der Waals surface area contributed by atoms with Gasteiger partial charge in [0.2, 0.25) is 0 Å². The van der Waals surface area contributed by atoms with Crippen LogP contribution in [-0.2, 0) is 6.42 Å². The molecule has 1 unspecified atom stereocenters. The Morgan fingerprint density at radius 3 is 2.56 bits per heavy atom. The average molecular weight is 259 g/mol. The molecule has 0 spiro atoms. The van der Waals surface area contributed by atoms with E-state index in [0.717, 1.165) is 18.4 Å². The molecule has 1 rings (SSSR count). The van der Waals surface area contributed by atoms with Crippen LogP contribution < -0.4 is 14.8 Å². The summed E-state index contributed by atoms with van der Waals surface area (Å²) in [6.07, 6.45) is 1.72. The number of aryl methyl sites for hydroxylation is 1. The Balaban J connectivity index is 2.75. The topological polar surface area (TPSA) is 30.5 Å². The first-order valence-electron chi connectivity index (χ1n) is 5.85. The number of hydrogen-bond donors (Lipinski definition) is 1. The monoisotopic (exact) mass is 259 g/mol. The van der Waals surface area contributed by atoms with E-state index in [9.17, 15) is 8.78 Å². The summed E-state index contributed by atoms with van der Waals surface area (Å²) in [6.45, 7) is -0.773. The Bertz CT molecular complexity index is 372. The molecule has 0 aliphatic heterocycles. The summed E-state index contributed by atoms with van der Waals surface area (Å²) in [5.74, 6) is 0.405. The minimum atomic E-state index is -2.84. The van der Waals surface area contributed by atoms with Crippen molar-refractivity contribution in [3.05, 3.63) is 23.8 Å². The van der Waals surface area contributed by atoms with Crippen LogP contribution in [0.3, 0.4) is 0 Å². The molecule has 0 fully saturated rings. The highest BCUT2D eigenvalue weighted by Gasteiger charge is 2.11. The zero-order valence-corrected chi connectivity index (χ0v) is 10.9. The smallest absolute Gasteiger partial charge is 0.387 e. The summed E-state index contributed by atoms with van der Waals surface area (Å²) in [4.78, 5) is 0. The Labute approximate surface area is 106 Å². The Kier molecular flexibility index (Phi) is 5.85. The van der Waals surface area contributed by atoms with Crippen LogP contribution in [0.4, 0.5) is 8.78 Å². The summed E-state index contributed by atoms with van der Waals surface area (Å²) in [6, 6.07) is 5.50. The van der Waals surface area contributed by atoms with Crippen LogP contribution in [0.25, 0.3) is 0 Å². The molecule has 1 atom stereocenters. The van der Waals surface area contributed by atoms with Gasteiger partial charge < -0.3 is 14.8 Å². The van der Waals surface area contributed by atoms with Gasteiger partial charge in [0.05, 0.1) is 7.11 Å². The molecule has 18 heavy (non-hydrogen) atoms. The van der Waals surface area contributed by atoms with Gasteiger partial charge in [0, 0.05) is 6.04 Å². The lowest BCUT2D eigenvalue weighted by Gasteiger charge is -2.13. The van der Waals surface area contributed by atoms with Gasteiger partial charge in [-0.05, 0) is 44.5 Å². The van der Waals surface area contributed by atoms with Crippen molar-refractivity contribution < 1.29 is 18.3 Å². The maximum atomic E-state index is 12.2. The molecule has 0 saturated heterocycles. The second-order valence-electron chi connectivity index (χ2n) is 4.09. The largest absolute Gasteiger partial charge is 0.493 e. The quantitative estimate of drug-likeness (QED) is 0.816. The zero-order chi connectivity index (χ0) is 13.5. The Hall–Kier alpha value is -1.36. The van der Waals surface area contributed by atoms with Gasteiger partial charge in [0.25, 0.3) is 0 Å². The van der Waals surface area contributed by atoms with Crippen LogP contribution in [0.2, 0.25) is 0 Å². The number of nitrogens with one attached hydrogen (secondary N) is 1. The summed E-state index contributed by atoms with van der Waals surface area (Å²) in [7, 11) is 3.32. The van der Waals surface area contributed by atoms with Crippen molar-refractivity contribution in [2.45, 2.75) is 32.4 Å². The van der Waals surface area contributed by atoms with Crippen LogP contribution in [0.5, 0.6) is 11.5 Å². The van der Waals surface area contributed by atoms with E-state index in [2.05, 4.69) is 17.0 Å². The third kappa shape index (κ3) is 4.49. The van der Waals surface area contributed by atoms with Gasteiger partial charge in [-0.3, -0.25) is 0 Å². The first-order chi connectivity index (χ1) is 8.56. The van der Waals surface area contributed by atoms with E-state index in [0.29, 0.717) is 11.8 Å². The fourth-order valence-electron chi connectivity index (χ4n) is 1.59. The van der Waals surface area contributed by atoms with E-state index >= 15 is 0 Å². The molecular weight excluding hydrogens is 240 g/mol. The summed E-state index contributed by atoms with van der Waals surface area (Å²) >= 11 is 0. The third-order valence-electron chi connectivity index (χ3n) is 2.80. The van der Waals surface area contributed by atoms with Gasteiger partial charge >= 0.3 is 6.61 Å². The van der Waals surface area contributed by atoms with Gasteiger partial charge in [0.15, 0.2) is 11.5 Å². The number of benzene rings is 1. The first kappa shape index (κ1) is 14.7. The van der Waals surface area contributed by atoms with E-state index in [1.165, 1.54) is 7.11 Å². The van der Waals surface area contributed by atoms with Crippen LogP contribution >= 0.6 is 0 Å². The van der Waals surface area contributed by atoms with Crippen molar-refractivity contribution in [1.29, 1.82) is 0 Å². The number of rotatable bonds is 7. The molecule has 1 aromatic rings. The lowest BCUT2D eigenvalue weighted by Crippen LogP contribution is -2.21. The molecule has 0 bridgehead atoms. The Morgan fingerprint density at radius 1 is 1.28 bits per heavy atom. The van der Waals surface area contributed by atoms with Gasteiger partial charge in [-0.25, -0.2) is 0 Å². The van der Waals surface area contributed by atoms with E-state index in [4.69, 9.17) is 4.74 Å². The van der Waals surface area contributed by atoms with E-state index in [1.54, 1.807) is 12.1 Å². The van der Waals surface area contributed by atoms with E-state index in [-0.39, 0.29) is 5.75 Å². The standard InChI is InChI=1S/C13H19F2NO2/c1-9(16-2)4-5-10-6-7-11(17-3)12(8-10)18-13(14)15/h6-9,13,16H,4-5H2,1-3H3. The number of alkyl halides is 2. The predicted octanol–water partition coefficient (Wildman–Crippen LogP) is 2.84. The van der Waals surface area contributed by atoms with Crippen molar-refractivity contribution in [3.63, 3.8) is 0 Å². The summed E-state index contributed by atoms with van der Waals surface area (Å²) in [5, 5.41) is 3.13. The van der Waals surface area contributed by atoms with Crippen molar-refractivity contribution >= 4 is 0 Å². The molecule has 1 aromatic carbocycles. The molecule has 3 nitrogen and oxygen atoms in total. The normalized spacial score (nSPS) is 12.6. The van der Waals surface area contributed by atoms with Gasteiger partial charge in [0.1, 0.15) is 0 Å². The van der Waals surface area contributed by atoms with Crippen LogP contribution in [0, 0.1) is 0 Å². The molecule has 1 N–H and O–H groups in total.